The van der Waals surface area contributed by atoms with Crippen molar-refractivity contribution in [1.29, 1.82) is 0 Å². The highest BCUT2D eigenvalue weighted by molar-refractivity contribution is 7.89. The first-order valence-corrected chi connectivity index (χ1v) is 7.84. The molecule has 2 rings (SSSR count). The fourth-order valence-corrected chi connectivity index (χ4v) is 4.65. The summed E-state index contributed by atoms with van der Waals surface area (Å²) in [5.74, 6) is 0.567. The van der Waals surface area contributed by atoms with E-state index < -0.39 is 10.0 Å². The van der Waals surface area contributed by atoms with Crippen LogP contribution in [0.5, 0.6) is 0 Å². The van der Waals surface area contributed by atoms with Crippen LogP contribution in [0.2, 0.25) is 0 Å². The highest BCUT2D eigenvalue weighted by Gasteiger charge is 2.36. The van der Waals surface area contributed by atoms with E-state index in [4.69, 9.17) is 0 Å². The summed E-state index contributed by atoms with van der Waals surface area (Å²) in [4.78, 5) is 0. The number of rotatable bonds is 3. The quantitative estimate of drug-likeness (QED) is 0.801. The number of nitrogens with zero attached hydrogens (tertiary/aromatic N) is 1. The molecule has 16 heavy (non-hydrogen) atoms. The minimum atomic E-state index is -3.03. The zero-order valence-electron chi connectivity index (χ0n) is 9.98. The topological polar surface area (TPSA) is 49.4 Å². The number of piperidine rings is 1. The molecule has 2 fully saturated rings. The third-order valence-electron chi connectivity index (χ3n) is 3.86. The predicted octanol–water partition coefficient (Wildman–Crippen LogP) is 0.800. The van der Waals surface area contributed by atoms with Crippen LogP contribution in [0.4, 0.5) is 0 Å². The van der Waals surface area contributed by atoms with Gasteiger partial charge in [0.05, 0.1) is 5.25 Å². The smallest absolute Gasteiger partial charge is 0.218 e. The van der Waals surface area contributed by atoms with Crippen LogP contribution in [0.3, 0.4) is 0 Å². The van der Waals surface area contributed by atoms with Gasteiger partial charge in [-0.2, -0.15) is 0 Å². The predicted molar refractivity (Wildman–Crippen MR) is 64.8 cm³/mol. The Morgan fingerprint density at radius 1 is 1.38 bits per heavy atom. The monoisotopic (exact) mass is 246 g/mol. The maximum Gasteiger partial charge on any atom is 0.218 e. The summed E-state index contributed by atoms with van der Waals surface area (Å²) in [6, 6.07) is 0. The van der Waals surface area contributed by atoms with Crippen LogP contribution in [0.15, 0.2) is 0 Å². The van der Waals surface area contributed by atoms with Crippen molar-refractivity contribution < 1.29 is 8.42 Å². The first-order chi connectivity index (χ1) is 7.64. The summed E-state index contributed by atoms with van der Waals surface area (Å²) in [7, 11) is -3.03. The molecular formula is C11H22N2O2S. The van der Waals surface area contributed by atoms with E-state index in [1.807, 2.05) is 0 Å². The minimum Gasteiger partial charge on any atom is -0.315 e. The third-order valence-corrected chi connectivity index (χ3v) is 6.15. The lowest BCUT2D eigenvalue weighted by atomic mass is 9.97. The van der Waals surface area contributed by atoms with Gasteiger partial charge in [0, 0.05) is 19.6 Å². The SMILES string of the molecule is CCC1CCCN(S(=O)(=O)C2CCNC2)C1. The summed E-state index contributed by atoms with van der Waals surface area (Å²) in [6.07, 6.45) is 4.08. The molecular weight excluding hydrogens is 224 g/mol. The van der Waals surface area contributed by atoms with Gasteiger partial charge in [0.1, 0.15) is 0 Å². The van der Waals surface area contributed by atoms with E-state index in [-0.39, 0.29) is 5.25 Å². The first-order valence-electron chi connectivity index (χ1n) is 6.34. The average molecular weight is 246 g/mol. The van der Waals surface area contributed by atoms with Crippen LogP contribution >= 0.6 is 0 Å². The second-order valence-electron chi connectivity index (χ2n) is 4.93. The van der Waals surface area contributed by atoms with E-state index in [1.165, 1.54) is 6.42 Å². The molecule has 2 aliphatic heterocycles. The Labute approximate surface area is 98.4 Å². The summed E-state index contributed by atoms with van der Waals surface area (Å²) in [5, 5.41) is 2.96. The van der Waals surface area contributed by atoms with Gasteiger partial charge in [-0.1, -0.05) is 13.3 Å². The van der Waals surface area contributed by atoms with Gasteiger partial charge in [0.2, 0.25) is 10.0 Å². The van der Waals surface area contributed by atoms with E-state index in [0.717, 1.165) is 38.9 Å². The van der Waals surface area contributed by atoms with Gasteiger partial charge in [-0.3, -0.25) is 0 Å². The zero-order valence-corrected chi connectivity index (χ0v) is 10.8. The molecule has 4 nitrogen and oxygen atoms in total. The fraction of sp³-hybridized carbons (Fsp3) is 1.00. The molecule has 2 aliphatic rings. The maximum atomic E-state index is 12.3. The molecule has 5 heteroatoms. The van der Waals surface area contributed by atoms with Gasteiger partial charge in [-0.05, 0) is 31.7 Å². The molecule has 0 bridgehead atoms. The second kappa shape index (κ2) is 5.02. The van der Waals surface area contributed by atoms with Gasteiger partial charge in [-0.25, -0.2) is 12.7 Å². The highest BCUT2D eigenvalue weighted by atomic mass is 32.2. The summed E-state index contributed by atoms with van der Waals surface area (Å²) < 4.78 is 26.4. The Morgan fingerprint density at radius 3 is 2.81 bits per heavy atom. The van der Waals surface area contributed by atoms with E-state index in [9.17, 15) is 8.42 Å². The normalized spacial score (nSPS) is 33.1. The maximum absolute atomic E-state index is 12.3. The van der Waals surface area contributed by atoms with E-state index in [2.05, 4.69) is 12.2 Å². The lowest BCUT2D eigenvalue weighted by Gasteiger charge is -2.33. The number of nitrogens with one attached hydrogen (secondary N) is 1. The largest absolute Gasteiger partial charge is 0.315 e. The van der Waals surface area contributed by atoms with E-state index in [0.29, 0.717) is 12.5 Å². The van der Waals surface area contributed by atoms with Crippen molar-refractivity contribution >= 4 is 10.0 Å². The molecule has 2 heterocycles. The third kappa shape index (κ3) is 2.41. The van der Waals surface area contributed by atoms with Crippen LogP contribution in [-0.4, -0.2) is 44.2 Å². The molecule has 0 saturated carbocycles. The molecule has 1 N–H and O–H groups in total. The number of sulfonamides is 1. The van der Waals surface area contributed by atoms with Gasteiger partial charge < -0.3 is 5.32 Å². The van der Waals surface area contributed by atoms with E-state index in [1.54, 1.807) is 4.31 Å². The molecule has 2 atom stereocenters. The van der Waals surface area contributed by atoms with Crippen LogP contribution in [0.25, 0.3) is 0 Å². The van der Waals surface area contributed by atoms with Crippen LogP contribution < -0.4 is 5.32 Å². The molecule has 0 aromatic rings. The van der Waals surface area contributed by atoms with Gasteiger partial charge >= 0.3 is 0 Å². The lowest BCUT2D eigenvalue weighted by molar-refractivity contribution is 0.259. The van der Waals surface area contributed by atoms with Crippen molar-refractivity contribution in [3.05, 3.63) is 0 Å². The molecule has 0 aliphatic carbocycles. The van der Waals surface area contributed by atoms with Gasteiger partial charge in [-0.15, -0.1) is 0 Å². The van der Waals surface area contributed by atoms with Crippen LogP contribution in [0.1, 0.15) is 32.6 Å². The molecule has 94 valence electrons. The Hall–Kier alpha value is -0.130. The van der Waals surface area contributed by atoms with Crippen LogP contribution in [-0.2, 0) is 10.0 Å². The fourth-order valence-electron chi connectivity index (χ4n) is 2.68. The lowest BCUT2D eigenvalue weighted by Crippen LogP contribution is -2.45. The molecule has 2 saturated heterocycles. The van der Waals surface area contributed by atoms with Crippen molar-refractivity contribution in [1.82, 2.24) is 9.62 Å². The first kappa shape index (κ1) is 12.3. The molecule has 0 amide bonds. The number of hydrogen-bond donors (Lipinski definition) is 1. The van der Waals surface area contributed by atoms with E-state index >= 15 is 0 Å². The standard InChI is InChI=1S/C11H22N2O2S/c1-2-10-4-3-7-13(9-10)16(14,15)11-5-6-12-8-11/h10-12H,2-9H2,1H3. The van der Waals surface area contributed by atoms with Gasteiger partial charge in [0.25, 0.3) is 0 Å². The van der Waals surface area contributed by atoms with Crippen molar-refractivity contribution in [3.63, 3.8) is 0 Å². The van der Waals surface area contributed by atoms with Gasteiger partial charge in [0.15, 0.2) is 0 Å². The molecule has 0 aromatic carbocycles. The Morgan fingerprint density at radius 2 is 2.19 bits per heavy atom. The van der Waals surface area contributed by atoms with Crippen molar-refractivity contribution in [2.45, 2.75) is 37.9 Å². The highest BCUT2D eigenvalue weighted by Crippen LogP contribution is 2.24. The second-order valence-corrected chi connectivity index (χ2v) is 7.15. The molecule has 0 spiro atoms. The molecule has 0 radical (unpaired) electrons. The molecule has 2 unspecified atom stereocenters. The van der Waals surface area contributed by atoms with Crippen molar-refractivity contribution in [2.24, 2.45) is 5.92 Å². The Kier molecular flexibility index (Phi) is 3.87. The van der Waals surface area contributed by atoms with Crippen molar-refractivity contribution in [2.75, 3.05) is 26.2 Å². The average Bonchev–Trinajstić information content (AvgIpc) is 2.83. The summed E-state index contributed by atoms with van der Waals surface area (Å²) in [6.45, 7) is 5.10. The molecule has 0 aromatic heterocycles. The number of hydrogen-bond acceptors (Lipinski definition) is 3. The minimum absolute atomic E-state index is 0.178. The van der Waals surface area contributed by atoms with Crippen LogP contribution in [0, 0.1) is 5.92 Å². The Bertz CT molecular complexity index is 323. The summed E-state index contributed by atoms with van der Waals surface area (Å²) >= 11 is 0. The van der Waals surface area contributed by atoms with Crippen molar-refractivity contribution in [3.8, 4) is 0 Å². The zero-order chi connectivity index (χ0) is 11.6. The summed E-state index contributed by atoms with van der Waals surface area (Å²) in [5.41, 5.74) is 0. The Balaban J connectivity index is 2.04.